The Balaban J connectivity index is 1.97. The van der Waals surface area contributed by atoms with Gasteiger partial charge in [-0.25, -0.2) is 0 Å². The van der Waals surface area contributed by atoms with Crippen molar-refractivity contribution in [3.8, 4) is 0 Å². The molecule has 1 saturated heterocycles. The first-order valence-electron chi connectivity index (χ1n) is 6.61. The number of likely N-dealkylation sites (tertiary alicyclic amines) is 1. The van der Waals surface area contributed by atoms with E-state index in [1.54, 1.807) is 24.3 Å². The average molecular weight is 276 g/mol. The summed E-state index contributed by atoms with van der Waals surface area (Å²) in [5, 5.41) is 0.610. The Morgan fingerprint density at radius 2 is 1.90 bits per heavy atom. The molecule has 0 N–H and O–H groups in total. The minimum atomic E-state index is -3.51. The van der Waals surface area contributed by atoms with Crippen LogP contribution in [0.15, 0.2) is 36.5 Å². The zero-order chi connectivity index (χ0) is 14.2. The molecule has 1 aliphatic heterocycles. The lowest BCUT2D eigenvalue weighted by molar-refractivity contribution is -0.157. The Bertz CT molecular complexity index is 651. The van der Waals surface area contributed by atoms with Gasteiger partial charge in [-0.3, -0.25) is 9.78 Å². The van der Waals surface area contributed by atoms with E-state index in [2.05, 4.69) is 4.98 Å². The maximum Gasteiger partial charge on any atom is 0.351 e. The zero-order valence-electron chi connectivity index (χ0n) is 10.9. The smallest absolute Gasteiger partial charge is 0.337 e. The van der Waals surface area contributed by atoms with E-state index in [0.717, 1.165) is 19.0 Å². The fraction of sp³-hybridized carbons (Fsp3) is 0.333. The van der Waals surface area contributed by atoms with Crippen molar-refractivity contribution in [2.24, 2.45) is 0 Å². The van der Waals surface area contributed by atoms with Crippen LogP contribution in [0.1, 0.15) is 18.4 Å². The van der Waals surface area contributed by atoms with Crippen molar-refractivity contribution in [3.05, 3.63) is 42.1 Å². The molecular formula is C15H14F2N2O. The van der Waals surface area contributed by atoms with E-state index in [-0.39, 0.29) is 5.56 Å². The second-order valence-corrected chi connectivity index (χ2v) is 4.99. The maximum absolute atomic E-state index is 14.3. The first-order chi connectivity index (χ1) is 9.59. The Kier molecular flexibility index (Phi) is 3.12. The average Bonchev–Trinajstić information content (AvgIpc) is 3.00. The van der Waals surface area contributed by atoms with Crippen molar-refractivity contribution in [3.63, 3.8) is 0 Å². The van der Waals surface area contributed by atoms with Gasteiger partial charge in [0.15, 0.2) is 0 Å². The third-order valence-electron chi connectivity index (χ3n) is 3.61. The largest absolute Gasteiger partial charge is 0.351 e. The molecule has 0 unspecified atom stereocenters. The molecule has 1 aliphatic rings. The molecule has 1 amide bonds. The number of benzene rings is 1. The molecular weight excluding hydrogens is 262 g/mol. The summed E-state index contributed by atoms with van der Waals surface area (Å²) in [6.07, 6.45) is 2.67. The van der Waals surface area contributed by atoms with E-state index in [0.29, 0.717) is 24.0 Å². The van der Waals surface area contributed by atoms with Gasteiger partial charge in [0.1, 0.15) is 0 Å². The second-order valence-electron chi connectivity index (χ2n) is 4.99. The number of amides is 1. The van der Waals surface area contributed by atoms with E-state index in [1.165, 1.54) is 11.0 Å². The van der Waals surface area contributed by atoms with Crippen LogP contribution < -0.4 is 0 Å². The number of alkyl halides is 2. The summed E-state index contributed by atoms with van der Waals surface area (Å²) in [7, 11) is 0. The number of nitrogens with zero attached hydrogens (tertiary/aromatic N) is 2. The van der Waals surface area contributed by atoms with Crippen LogP contribution in [0.4, 0.5) is 8.78 Å². The predicted molar refractivity (Wildman–Crippen MR) is 71.5 cm³/mol. The molecule has 1 aromatic heterocycles. The van der Waals surface area contributed by atoms with Gasteiger partial charge in [0.05, 0.1) is 5.52 Å². The number of carbonyl (C=O) groups is 1. The molecule has 20 heavy (non-hydrogen) atoms. The van der Waals surface area contributed by atoms with E-state index >= 15 is 0 Å². The highest BCUT2D eigenvalue weighted by atomic mass is 19.3. The van der Waals surface area contributed by atoms with Crippen LogP contribution in [-0.2, 0) is 10.7 Å². The van der Waals surface area contributed by atoms with Crippen LogP contribution in [0.3, 0.4) is 0 Å². The van der Waals surface area contributed by atoms with Crippen molar-refractivity contribution in [2.75, 3.05) is 13.1 Å². The van der Waals surface area contributed by atoms with Gasteiger partial charge in [0.25, 0.3) is 5.91 Å². The summed E-state index contributed by atoms with van der Waals surface area (Å²) >= 11 is 0. The van der Waals surface area contributed by atoms with Gasteiger partial charge in [-0.15, -0.1) is 0 Å². The monoisotopic (exact) mass is 276 g/mol. The third-order valence-corrected chi connectivity index (χ3v) is 3.61. The molecule has 3 rings (SSSR count). The number of rotatable bonds is 2. The minimum Gasteiger partial charge on any atom is -0.337 e. The summed E-state index contributed by atoms with van der Waals surface area (Å²) in [5.41, 5.74) is 0.300. The highest BCUT2D eigenvalue weighted by Gasteiger charge is 2.44. The Labute approximate surface area is 115 Å². The number of pyridine rings is 1. The molecule has 0 aliphatic carbocycles. The van der Waals surface area contributed by atoms with Crippen molar-refractivity contribution in [1.82, 2.24) is 9.88 Å². The summed E-state index contributed by atoms with van der Waals surface area (Å²) in [4.78, 5) is 17.2. The number of hydrogen-bond acceptors (Lipinski definition) is 2. The topological polar surface area (TPSA) is 33.2 Å². The molecule has 5 heteroatoms. The molecule has 0 saturated carbocycles. The van der Waals surface area contributed by atoms with Crippen molar-refractivity contribution < 1.29 is 13.6 Å². The lowest BCUT2D eigenvalue weighted by Gasteiger charge is -2.22. The van der Waals surface area contributed by atoms with Gasteiger partial charge in [-0.05, 0) is 25.0 Å². The van der Waals surface area contributed by atoms with Gasteiger partial charge in [0, 0.05) is 30.2 Å². The number of para-hydroxylation sites is 1. The fourth-order valence-corrected chi connectivity index (χ4v) is 2.49. The van der Waals surface area contributed by atoms with E-state index in [4.69, 9.17) is 0 Å². The normalized spacial score (nSPS) is 15.8. The second kappa shape index (κ2) is 4.81. The quantitative estimate of drug-likeness (QED) is 0.845. The van der Waals surface area contributed by atoms with Gasteiger partial charge < -0.3 is 4.90 Å². The Hall–Kier alpha value is -2.04. The van der Waals surface area contributed by atoms with Crippen LogP contribution in [-0.4, -0.2) is 28.9 Å². The molecule has 0 spiro atoms. The number of halogens is 2. The first-order valence-corrected chi connectivity index (χ1v) is 6.61. The lowest BCUT2D eigenvalue weighted by atomic mass is 10.1. The van der Waals surface area contributed by atoms with Gasteiger partial charge in [0.2, 0.25) is 0 Å². The molecule has 2 aromatic rings. The molecule has 1 fully saturated rings. The first kappa shape index (κ1) is 13.0. The third kappa shape index (κ3) is 2.13. The van der Waals surface area contributed by atoms with E-state index in [1.807, 2.05) is 0 Å². The molecule has 2 heterocycles. The summed E-state index contributed by atoms with van der Waals surface area (Å²) in [6, 6.07) is 8.36. The highest BCUT2D eigenvalue weighted by molar-refractivity contribution is 5.87. The number of aromatic nitrogens is 1. The van der Waals surface area contributed by atoms with Crippen LogP contribution in [0.2, 0.25) is 0 Å². The van der Waals surface area contributed by atoms with Crippen molar-refractivity contribution in [1.29, 1.82) is 0 Å². The predicted octanol–water partition coefficient (Wildman–Crippen LogP) is 2.95. The van der Waals surface area contributed by atoms with Crippen LogP contribution in [0.5, 0.6) is 0 Å². The van der Waals surface area contributed by atoms with Crippen molar-refractivity contribution in [2.45, 2.75) is 18.8 Å². The van der Waals surface area contributed by atoms with Gasteiger partial charge >= 0.3 is 5.92 Å². The van der Waals surface area contributed by atoms with Crippen LogP contribution in [0, 0.1) is 0 Å². The number of fused-ring (bicyclic) bond motifs is 1. The molecule has 3 nitrogen and oxygen atoms in total. The SMILES string of the molecule is O=C(N1CCCC1)C(F)(F)c1cnc2ccccc2c1. The van der Waals surface area contributed by atoms with Crippen molar-refractivity contribution >= 4 is 16.8 Å². The standard InChI is InChI=1S/C15H14F2N2O/c16-15(17,14(20)19-7-3-4-8-19)12-9-11-5-1-2-6-13(11)18-10-12/h1-2,5-6,9-10H,3-4,7-8H2. The zero-order valence-corrected chi connectivity index (χ0v) is 10.9. The lowest BCUT2D eigenvalue weighted by Crippen LogP contribution is -2.40. The Morgan fingerprint density at radius 3 is 2.65 bits per heavy atom. The molecule has 0 atom stereocenters. The Morgan fingerprint density at radius 1 is 1.20 bits per heavy atom. The highest BCUT2D eigenvalue weighted by Crippen LogP contribution is 2.32. The van der Waals surface area contributed by atoms with E-state index < -0.39 is 11.8 Å². The molecule has 0 radical (unpaired) electrons. The van der Waals surface area contributed by atoms with Crippen LogP contribution >= 0.6 is 0 Å². The van der Waals surface area contributed by atoms with E-state index in [9.17, 15) is 13.6 Å². The fourth-order valence-electron chi connectivity index (χ4n) is 2.49. The van der Waals surface area contributed by atoms with Gasteiger partial charge in [-0.1, -0.05) is 18.2 Å². The number of carbonyl (C=O) groups excluding carboxylic acids is 1. The summed E-state index contributed by atoms with van der Waals surface area (Å²) in [6.45, 7) is 0.824. The van der Waals surface area contributed by atoms with Gasteiger partial charge in [-0.2, -0.15) is 8.78 Å². The molecule has 104 valence electrons. The van der Waals surface area contributed by atoms with Crippen LogP contribution in [0.25, 0.3) is 10.9 Å². The molecule has 0 bridgehead atoms. The summed E-state index contributed by atoms with van der Waals surface area (Å²) in [5.74, 6) is -4.63. The molecule has 1 aromatic carbocycles. The number of hydrogen-bond donors (Lipinski definition) is 0. The maximum atomic E-state index is 14.3. The minimum absolute atomic E-state index is 0.340. The summed E-state index contributed by atoms with van der Waals surface area (Å²) < 4.78 is 28.6.